The largest absolute Gasteiger partial charge is 0.347 e. The number of nitrogens with one attached hydrogen (secondary N) is 1. The molecule has 0 aromatic carbocycles. The Morgan fingerprint density at radius 1 is 1.54 bits per heavy atom. The van der Waals surface area contributed by atoms with E-state index >= 15 is 0 Å². The van der Waals surface area contributed by atoms with E-state index in [1.165, 1.54) is 18.3 Å². The SMILES string of the molecule is O=c1[nH]nc2cc(C(F)F)ccn12. The van der Waals surface area contributed by atoms with Crippen LogP contribution in [-0.4, -0.2) is 14.6 Å². The van der Waals surface area contributed by atoms with Crippen LogP contribution < -0.4 is 5.69 Å². The Bertz CT molecular complexity index is 488. The van der Waals surface area contributed by atoms with Gasteiger partial charge in [-0.2, -0.15) is 5.10 Å². The van der Waals surface area contributed by atoms with Crippen LogP contribution in [0.15, 0.2) is 23.1 Å². The van der Waals surface area contributed by atoms with Gasteiger partial charge in [0.25, 0.3) is 6.43 Å². The number of rotatable bonds is 1. The molecule has 0 atom stereocenters. The van der Waals surface area contributed by atoms with Gasteiger partial charge in [-0.25, -0.2) is 18.7 Å². The average molecular weight is 185 g/mol. The van der Waals surface area contributed by atoms with Gasteiger partial charge in [-0.1, -0.05) is 0 Å². The first-order valence-corrected chi connectivity index (χ1v) is 3.53. The lowest BCUT2D eigenvalue weighted by Gasteiger charge is -1.97. The van der Waals surface area contributed by atoms with Crippen molar-refractivity contribution in [1.29, 1.82) is 0 Å². The van der Waals surface area contributed by atoms with E-state index in [9.17, 15) is 13.6 Å². The number of alkyl halides is 2. The summed E-state index contributed by atoms with van der Waals surface area (Å²) in [6.07, 6.45) is -1.28. The van der Waals surface area contributed by atoms with Crippen molar-refractivity contribution >= 4 is 5.65 Å². The molecule has 0 radical (unpaired) electrons. The Morgan fingerprint density at radius 2 is 2.31 bits per heavy atom. The van der Waals surface area contributed by atoms with Crippen LogP contribution in [0.5, 0.6) is 0 Å². The van der Waals surface area contributed by atoms with Crippen molar-refractivity contribution in [2.24, 2.45) is 0 Å². The second-order valence-electron chi connectivity index (χ2n) is 2.52. The van der Waals surface area contributed by atoms with E-state index in [2.05, 4.69) is 10.2 Å². The summed E-state index contributed by atoms with van der Waals surface area (Å²) >= 11 is 0. The summed E-state index contributed by atoms with van der Waals surface area (Å²) in [4.78, 5) is 10.9. The second-order valence-corrected chi connectivity index (χ2v) is 2.52. The number of nitrogens with zero attached hydrogens (tertiary/aromatic N) is 2. The van der Waals surface area contributed by atoms with Crippen molar-refractivity contribution in [1.82, 2.24) is 14.6 Å². The zero-order chi connectivity index (χ0) is 9.42. The Balaban J connectivity index is 2.70. The molecular weight excluding hydrogens is 180 g/mol. The van der Waals surface area contributed by atoms with Gasteiger partial charge in [0, 0.05) is 11.8 Å². The fraction of sp³-hybridized carbons (Fsp3) is 0.143. The van der Waals surface area contributed by atoms with Crippen molar-refractivity contribution in [2.75, 3.05) is 0 Å². The minimum Gasteiger partial charge on any atom is -0.250 e. The van der Waals surface area contributed by atoms with Crippen LogP contribution in [0.3, 0.4) is 0 Å². The predicted octanol–water partition coefficient (Wildman–Crippen LogP) is 0.960. The molecule has 2 heterocycles. The summed E-state index contributed by atoms with van der Waals surface area (Å²) in [5.41, 5.74) is -0.384. The second kappa shape index (κ2) is 2.65. The maximum atomic E-state index is 12.2. The number of aromatic amines is 1. The lowest BCUT2D eigenvalue weighted by Crippen LogP contribution is -2.08. The van der Waals surface area contributed by atoms with Crippen LogP contribution >= 0.6 is 0 Å². The van der Waals surface area contributed by atoms with Crippen molar-refractivity contribution in [2.45, 2.75) is 6.43 Å². The van der Waals surface area contributed by atoms with Gasteiger partial charge in [-0.3, -0.25) is 4.40 Å². The third kappa shape index (κ3) is 1.20. The number of halogens is 2. The zero-order valence-corrected chi connectivity index (χ0v) is 6.37. The monoisotopic (exact) mass is 185 g/mol. The molecule has 2 aromatic heterocycles. The minimum absolute atomic E-state index is 0.147. The molecule has 0 unspecified atom stereocenters. The van der Waals surface area contributed by atoms with E-state index in [0.29, 0.717) is 0 Å². The fourth-order valence-corrected chi connectivity index (χ4v) is 1.06. The predicted molar refractivity (Wildman–Crippen MR) is 40.8 cm³/mol. The van der Waals surface area contributed by atoms with Crippen LogP contribution in [0.4, 0.5) is 8.78 Å². The molecule has 0 aliphatic carbocycles. The zero-order valence-electron chi connectivity index (χ0n) is 6.37. The molecule has 0 spiro atoms. The van der Waals surface area contributed by atoms with Crippen molar-refractivity contribution in [3.05, 3.63) is 34.4 Å². The summed E-state index contributed by atoms with van der Waals surface area (Å²) in [7, 11) is 0. The molecule has 0 aliphatic rings. The van der Waals surface area contributed by atoms with Crippen molar-refractivity contribution in [3.8, 4) is 0 Å². The quantitative estimate of drug-likeness (QED) is 0.719. The molecule has 0 bridgehead atoms. The highest BCUT2D eigenvalue weighted by atomic mass is 19.3. The summed E-state index contributed by atoms with van der Waals surface area (Å²) < 4.78 is 25.5. The molecular formula is C7H5F2N3O. The third-order valence-corrected chi connectivity index (χ3v) is 1.70. The number of hydrogen-bond acceptors (Lipinski definition) is 2. The molecule has 0 saturated carbocycles. The molecule has 0 amide bonds. The van der Waals surface area contributed by atoms with Gasteiger partial charge < -0.3 is 0 Å². The number of H-pyrrole nitrogens is 1. The number of hydrogen-bond donors (Lipinski definition) is 1. The van der Waals surface area contributed by atoms with Gasteiger partial charge in [-0.05, 0) is 12.1 Å². The van der Waals surface area contributed by atoms with Gasteiger partial charge in [-0.15, -0.1) is 0 Å². The number of aromatic nitrogens is 3. The topological polar surface area (TPSA) is 50.2 Å². The standard InChI is InChI=1S/C7H5F2N3O/c8-6(9)4-1-2-12-5(3-4)10-11-7(12)13/h1-3,6H,(H,11,13). The van der Waals surface area contributed by atoms with Crippen LogP contribution in [-0.2, 0) is 0 Å². The van der Waals surface area contributed by atoms with E-state index in [4.69, 9.17) is 0 Å². The lowest BCUT2D eigenvalue weighted by atomic mass is 10.3. The van der Waals surface area contributed by atoms with Crippen LogP contribution in [0.2, 0.25) is 0 Å². The lowest BCUT2D eigenvalue weighted by molar-refractivity contribution is 0.151. The molecule has 6 heteroatoms. The summed E-state index contributed by atoms with van der Waals surface area (Å²) in [5.74, 6) is 0. The first-order chi connectivity index (χ1) is 6.18. The summed E-state index contributed by atoms with van der Waals surface area (Å²) in [6.45, 7) is 0. The minimum atomic E-state index is -2.54. The van der Waals surface area contributed by atoms with E-state index in [1.807, 2.05) is 0 Å². The molecule has 2 aromatic rings. The van der Waals surface area contributed by atoms with Gasteiger partial charge in [0.2, 0.25) is 0 Å². The Hall–Kier alpha value is -1.72. The number of pyridine rings is 1. The molecule has 2 rings (SSSR count). The smallest absolute Gasteiger partial charge is 0.250 e. The Morgan fingerprint density at radius 3 is 3.00 bits per heavy atom. The first-order valence-electron chi connectivity index (χ1n) is 3.53. The van der Waals surface area contributed by atoms with Crippen LogP contribution in [0, 0.1) is 0 Å². The highest BCUT2D eigenvalue weighted by Gasteiger charge is 2.08. The number of fused-ring (bicyclic) bond motifs is 1. The van der Waals surface area contributed by atoms with Gasteiger partial charge in [0.1, 0.15) is 0 Å². The van der Waals surface area contributed by atoms with Crippen molar-refractivity contribution in [3.63, 3.8) is 0 Å². The highest BCUT2D eigenvalue weighted by molar-refractivity contribution is 5.39. The van der Waals surface area contributed by atoms with E-state index in [1.54, 1.807) is 0 Å². The maximum absolute atomic E-state index is 12.2. The molecule has 0 aliphatic heterocycles. The molecule has 13 heavy (non-hydrogen) atoms. The Labute approximate surface area is 70.8 Å². The molecule has 4 nitrogen and oxygen atoms in total. The fourth-order valence-electron chi connectivity index (χ4n) is 1.06. The highest BCUT2D eigenvalue weighted by Crippen LogP contribution is 2.18. The van der Waals surface area contributed by atoms with E-state index in [-0.39, 0.29) is 11.2 Å². The summed E-state index contributed by atoms with van der Waals surface area (Å²) in [6, 6.07) is 2.36. The third-order valence-electron chi connectivity index (χ3n) is 1.70. The van der Waals surface area contributed by atoms with E-state index in [0.717, 1.165) is 4.40 Å². The Kier molecular flexibility index (Phi) is 1.61. The maximum Gasteiger partial charge on any atom is 0.347 e. The van der Waals surface area contributed by atoms with Gasteiger partial charge in [0.15, 0.2) is 5.65 Å². The normalized spacial score (nSPS) is 11.3. The van der Waals surface area contributed by atoms with Gasteiger partial charge in [0.05, 0.1) is 0 Å². The molecule has 0 fully saturated rings. The van der Waals surface area contributed by atoms with Crippen LogP contribution in [0.1, 0.15) is 12.0 Å². The van der Waals surface area contributed by atoms with E-state index < -0.39 is 12.1 Å². The van der Waals surface area contributed by atoms with Crippen molar-refractivity contribution < 1.29 is 8.78 Å². The van der Waals surface area contributed by atoms with Crippen LogP contribution in [0.25, 0.3) is 5.65 Å². The molecule has 1 N–H and O–H groups in total. The molecule has 68 valence electrons. The first kappa shape index (κ1) is 7.90. The molecule has 0 saturated heterocycles. The average Bonchev–Trinajstić information content (AvgIpc) is 2.47. The summed E-state index contributed by atoms with van der Waals surface area (Å²) in [5, 5.41) is 5.71. The van der Waals surface area contributed by atoms with Gasteiger partial charge >= 0.3 is 5.69 Å².